The van der Waals surface area contributed by atoms with Crippen molar-refractivity contribution < 1.29 is 12.8 Å². The van der Waals surface area contributed by atoms with Gasteiger partial charge in [0, 0.05) is 25.5 Å². The summed E-state index contributed by atoms with van der Waals surface area (Å²) in [5.41, 5.74) is 0.784. The summed E-state index contributed by atoms with van der Waals surface area (Å²) in [4.78, 5) is 0. The van der Waals surface area contributed by atoms with Gasteiger partial charge >= 0.3 is 0 Å². The molecule has 2 atom stereocenters. The van der Waals surface area contributed by atoms with E-state index >= 15 is 0 Å². The molecule has 0 spiro atoms. The highest BCUT2D eigenvalue weighted by Crippen LogP contribution is 2.30. The second kappa shape index (κ2) is 6.26. The van der Waals surface area contributed by atoms with Crippen LogP contribution in [0.4, 0.5) is 0 Å². The van der Waals surface area contributed by atoms with Crippen LogP contribution < -0.4 is 0 Å². The van der Waals surface area contributed by atoms with Crippen LogP contribution in [0.1, 0.15) is 38.5 Å². The van der Waals surface area contributed by atoms with Crippen LogP contribution in [-0.4, -0.2) is 37.2 Å². The number of hydrogen-bond acceptors (Lipinski definition) is 3. The van der Waals surface area contributed by atoms with Crippen LogP contribution in [0.5, 0.6) is 0 Å². The van der Waals surface area contributed by atoms with Gasteiger partial charge in [-0.1, -0.05) is 25.1 Å². The Kier molecular flexibility index (Phi) is 4.49. The number of fused-ring (bicyclic) bond motifs is 1. The minimum absolute atomic E-state index is 0.343. The number of para-hydroxylation sites is 1. The highest BCUT2D eigenvalue weighted by Gasteiger charge is 2.34. The predicted molar refractivity (Wildman–Crippen MR) is 91.3 cm³/mol. The first-order chi connectivity index (χ1) is 10.9. The maximum Gasteiger partial charge on any atom is 0.282 e. The smallest absolute Gasteiger partial charge is 0.282 e. The van der Waals surface area contributed by atoms with Crippen molar-refractivity contribution in [3.8, 4) is 0 Å². The van der Waals surface area contributed by atoms with E-state index in [1.165, 1.54) is 4.31 Å². The van der Waals surface area contributed by atoms with Gasteiger partial charge < -0.3 is 4.42 Å². The Morgan fingerprint density at radius 1 is 1.35 bits per heavy atom. The lowest BCUT2D eigenvalue weighted by Gasteiger charge is -2.34. The van der Waals surface area contributed by atoms with Gasteiger partial charge in [0.2, 0.25) is 0 Å². The molecule has 2 unspecified atom stereocenters. The van der Waals surface area contributed by atoms with E-state index in [1.54, 1.807) is 11.4 Å². The summed E-state index contributed by atoms with van der Waals surface area (Å²) in [6, 6.07) is 9.30. The van der Waals surface area contributed by atoms with E-state index in [9.17, 15) is 8.42 Å². The zero-order valence-electron chi connectivity index (χ0n) is 13.9. The minimum Gasteiger partial charge on any atom is -0.459 e. The third-order valence-corrected chi connectivity index (χ3v) is 6.74. The summed E-state index contributed by atoms with van der Waals surface area (Å²) < 4.78 is 34.6. The van der Waals surface area contributed by atoms with Crippen molar-refractivity contribution in [1.82, 2.24) is 8.61 Å². The summed E-state index contributed by atoms with van der Waals surface area (Å²) in [5, 5.41) is 0.992. The number of rotatable bonds is 4. The lowest BCUT2D eigenvalue weighted by atomic mass is 10.0. The third-order valence-electron chi connectivity index (χ3n) is 4.71. The molecule has 1 aromatic carbocycles. The van der Waals surface area contributed by atoms with Crippen LogP contribution in [0.3, 0.4) is 0 Å². The Hall–Kier alpha value is -1.37. The molecule has 6 heteroatoms. The van der Waals surface area contributed by atoms with Gasteiger partial charge in [-0.15, -0.1) is 0 Å². The van der Waals surface area contributed by atoms with E-state index in [1.807, 2.05) is 37.3 Å². The minimum atomic E-state index is -3.47. The molecular weight excluding hydrogens is 312 g/mol. The van der Waals surface area contributed by atoms with Crippen LogP contribution in [0, 0.1) is 5.92 Å². The fraction of sp³-hybridized carbons (Fsp3) is 0.529. The quantitative estimate of drug-likeness (QED) is 0.860. The molecule has 2 aromatic rings. The van der Waals surface area contributed by atoms with E-state index < -0.39 is 10.2 Å². The van der Waals surface area contributed by atoms with Crippen molar-refractivity contribution in [1.29, 1.82) is 0 Å². The summed E-state index contributed by atoms with van der Waals surface area (Å²) >= 11 is 0. The van der Waals surface area contributed by atoms with Gasteiger partial charge in [0.15, 0.2) is 0 Å². The van der Waals surface area contributed by atoms with E-state index in [0.717, 1.165) is 23.8 Å². The zero-order valence-corrected chi connectivity index (χ0v) is 14.7. The van der Waals surface area contributed by atoms with Gasteiger partial charge in [0.1, 0.15) is 11.3 Å². The lowest BCUT2D eigenvalue weighted by Crippen LogP contribution is -2.46. The molecule has 126 valence electrons. The molecule has 1 fully saturated rings. The molecule has 1 aliphatic heterocycles. The number of benzene rings is 1. The molecule has 23 heavy (non-hydrogen) atoms. The van der Waals surface area contributed by atoms with Crippen LogP contribution in [0.25, 0.3) is 11.0 Å². The number of nitrogens with zero attached hydrogens (tertiary/aromatic N) is 2. The molecule has 1 aromatic heterocycles. The molecule has 0 amide bonds. The lowest BCUT2D eigenvalue weighted by molar-refractivity contribution is 0.249. The van der Waals surface area contributed by atoms with Crippen LogP contribution in [0.2, 0.25) is 0 Å². The van der Waals surface area contributed by atoms with Crippen LogP contribution in [-0.2, 0) is 10.2 Å². The molecule has 0 saturated carbocycles. The van der Waals surface area contributed by atoms with E-state index in [0.29, 0.717) is 24.8 Å². The molecule has 1 saturated heterocycles. The maximum atomic E-state index is 12.9. The fourth-order valence-electron chi connectivity index (χ4n) is 3.13. The Bertz CT molecular complexity index is 751. The Morgan fingerprint density at radius 3 is 2.78 bits per heavy atom. The Labute approximate surface area is 138 Å². The molecule has 1 aliphatic rings. The first kappa shape index (κ1) is 16.5. The van der Waals surface area contributed by atoms with E-state index in [4.69, 9.17) is 4.42 Å². The van der Waals surface area contributed by atoms with Crippen molar-refractivity contribution in [2.75, 3.05) is 20.1 Å². The summed E-state index contributed by atoms with van der Waals surface area (Å²) in [5.74, 6) is 1.08. The number of piperidine rings is 1. The monoisotopic (exact) mass is 336 g/mol. The summed E-state index contributed by atoms with van der Waals surface area (Å²) in [6.45, 7) is 5.16. The van der Waals surface area contributed by atoms with Crippen LogP contribution in [0.15, 0.2) is 34.7 Å². The van der Waals surface area contributed by atoms with Crippen molar-refractivity contribution in [2.45, 2.75) is 32.7 Å². The molecule has 0 radical (unpaired) electrons. The molecular formula is C17H24N2O3S. The molecule has 2 heterocycles. The van der Waals surface area contributed by atoms with Gasteiger partial charge in [-0.2, -0.15) is 17.0 Å². The van der Waals surface area contributed by atoms with Gasteiger partial charge in [-0.3, -0.25) is 0 Å². The first-order valence-electron chi connectivity index (χ1n) is 8.11. The van der Waals surface area contributed by atoms with Crippen molar-refractivity contribution in [3.05, 3.63) is 36.1 Å². The van der Waals surface area contributed by atoms with Gasteiger partial charge in [-0.05, 0) is 37.8 Å². The number of furan rings is 1. The SMILES string of the molecule is CC1CCCN(S(=O)(=O)N(C)C(C)c2cc3ccccc3o2)C1. The fourth-order valence-corrected chi connectivity index (χ4v) is 4.80. The van der Waals surface area contributed by atoms with Crippen molar-refractivity contribution in [3.63, 3.8) is 0 Å². The second-order valence-electron chi connectivity index (χ2n) is 6.49. The maximum absolute atomic E-state index is 12.9. The normalized spacial score (nSPS) is 21.8. The van der Waals surface area contributed by atoms with Gasteiger partial charge in [0.25, 0.3) is 10.2 Å². The molecule has 0 bridgehead atoms. The van der Waals surface area contributed by atoms with Gasteiger partial charge in [0.05, 0.1) is 6.04 Å². The number of hydrogen-bond donors (Lipinski definition) is 0. The average molecular weight is 336 g/mol. The highest BCUT2D eigenvalue weighted by molar-refractivity contribution is 7.86. The summed E-state index contributed by atoms with van der Waals surface area (Å²) in [7, 11) is -1.84. The van der Waals surface area contributed by atoms with Gasteiger partial charge in [-0.25, -0.2) is 0 Å². The third kappa shape index (κ3) is 3.16. The first-order valence-corrected chi connectivity index (χ1v) is 9.51. The molecule has 0 N–H and O–H groups in total. The van der Waals surface area contributed by atoms with E-state index in [-0.39, 0.29) is 6.04 Å². The largest absolute Gasteiger partial charge is 0.459 e. The summed E-state index contributed by atoms with van der Waals surface area (Å²) in [6.07, 6.45) is 2.02. The topological polar surface area (TPSA) is 53.8 Å². The van der Waals surface area contributed by atoms with Crippen molar-refractivity contribution in [2.24, 2.45) is 5.92 Å². The standard InChI is InChI=1S/C17H24N2O3S/c1-13-7-6-10-19(12-13)23(20,21)18(3)14(2)17-11-15-8-4-5-9-16(15)22-17/h4-5,8-9,11,13-14H,6-7,10,12H2,1-3H3. The second-order valence-corrected chi connectivity index (χ2v) is 8.48. The zero-order chi connectivity index (χ0) is 16.6. The Morgan fingerprint density at radius 2 is 2.09 bits per heavy atom. The van der Waals surface area contributed by atoms with Crippen molar-refractivity contribution >= 4 is 21.2 Å². The highest BCUT2D eigenvalue weighted by atomic mass is 32.2. The average Bonchev–Trinajstić information content (AvgIpc) is 2.97. The predicted octanol–water partition coefficient (Wildman–Crippen LogP) is 3.40. The van der Waals surface area contributed by atoms with E-state index in [2.05, 4.69) is 6.92 Å². The molecule has 0 aliphatic carbocycles. The molecule has 3 rings (SSSR count). The Balaban J connectivity index is 1.84. The van der Waals surface area contributed by atoms with Crippen LogP contribution >= 0.6 is 0 Å². The molecule has 5 nitrogen and oxygen atoms in total.